The summed E-state index contributed by atoms with van der Waals surface area (Å²) >= 11 is 9.73. The van der Waals surface area contributed by atoms with Gasteiger partial charge in [0.15, 0.2) is 7.93 Å². The number of halogens is 3. The van der Waals surface area contributed by atoms with E-state index in [9.17, 15) is 9.59 Å². The van der Waals surface area contributed by atoms with Crippen LogP contribution in [0, 0.1) is 0 Å². The van der Waals surface area contributed by atoms with Gasteiger partial charge < -0.3 is 5.32 Å². The molecule has 0 saturated carbocycles. The second-order valence-electron chi connectivity index (χ2n) is 3.42. The molecule has 1 atom stereocenters. The van der Waals surface area contributed by atoms with Crippen LogP contribution in [0.5, 0.6) is 0 Å². The number of ketones is 1. The molecular formula is C11H10Br3NO2. The van der Waals surface area contributed by atoms with Gasteiger partial charge in [0.25, 0.3) is 5.91 Å². The minimum Gasteiger partial charge on any atom is -0.339 e. The van der Waals surface area contributed by atoms with Gasteiger partial charge in [0, 0.05) is 5.56 Å². The standard InChI is InChI=1S/C11H10Br3NO2/c1-7(16)9(11(12,13)14)15-10(17)8-5-3-2-4-6-8/h2-6,9H,1H3,(H,15,17)/t9-/m1/s1. The van der Waals surface area contributed by atoms with Crippen molar-refractivity contribution in [3.63, 3.8) is 0 Å². The molecule has 0 unspecified atom stereocenters. The largest absolute Gasteiger partial charge is 0.339 e. The van der Waals surface area contributed by atoms with E-state index in [0.29, 0.717) is 5.56 Å². The van der Waals surface area contributed by atoms with Crippen molar-refractivity contribution >= 4 is 59.5 Å². The van der Waals surface area contributed by atoms with Crippen molar-refractivity contribution in [1.82, 2.24) is 5.32 Å². The van der Waals surface area contributed by atoms with Crippen molar-refractivity contribution in [1.29, 1.82) is 0 Å². The van der Waals surface area contributed by atoms with E-state index >= 15 is 0 Å². The fraction of sp³-hybridized carbons (Fsp3) is 0.273. The van der Waals surface area contributed by atoms with Crippen LogP contribution in [-0.2, 0) is 4.79 Å². The van der Waals surface area contributed by atoms with Gasteiger partial charge >= 0.3 is 0 Å². The predicted molar refractivity (Wildman–Crippen MR) is 77.9 cm³/mol. The lowest BCUT2D eigenvalue weighted by Crippen LogP contribution is -2.47. The summed E-state index contributed by atoms with van der Waals surface area (Å²) in [4.78, 5) is 23.3. The van der Waals surface area contributed by atoms with Crippen LogP contribution in [-0.4, -0.2) is 19.9 Å². The summed E-state index contributed by atoms with van der Waals surface area (Å²) in [5, 5.41) is 2.64. The number of hydrogen-bond donors (Lipinski definition) is 1. The summed E-state index contributed by atoms with van der Waals surface area (Å²) < 4.78 is -0.844. The summed E-state index contributed by atoms with van der Waals surface area (Å²) in [7, 11) is 0. The maximum atomic E-state index is 11.9. The lowest BCUT2D eigenvalue weighted by Gasteiger charge is -2.24. The van der Waals surface area contributed by atoms with Crippen LogP contribution in [0.4, 0.5) is 0 Å². The molecule has 0 radical (unpaired) electrons. The molecule has 0 aliphatic heterocycles. The highest BCUT2D eigenvalue weighted by atomic mass is 80.0. The molecule has 0 heterocycles. The predicted octanol–water partition coefficient (Wildman–Crippen LogP) is 3.21. The zero-order valence-corrected chi connectivity index (χ0v) is 13.7. The summed E-state index contributed by atoms with van der Waals surface area (Å²) in [6.07, 6.45) is 0. The molecule has 92 valence electrons. The van der Waals surface area contributed by atoms with Crippen molar-refractivity contribution in [3.05, 3.63) is 35.9 Å². The van der Waals surface area contributed by atoms with E-state index in [0.717, 1.165) is 0 Å². The fourth-order valence-electron chi connectivity index (χ4n) is 1.22. The molecule has 1 rings (SSSR count). The SMILES string of the molecule is CC(=O)[C@@H](NC(=O)c1ccccc1)C(Br)(Br)Br. The number of benzene rings is 1. The van der Waals surface area contributed by atoms with Crippen LogP contribution in [0.3, 0.4) is 0 Å². The maximum Gasteiger partial charge on any atom is 0.251 e. The minimum absolute atomic E-state index is 0.167. The van der Waals surface area contributed by atoms with E-state index in [2.05, 4.69) is 53.1 Å². The molecule has 1 aromatic rings. The molecule has 0 spiro atoms. The molecule has 17 heavy (non-hydrogen) atoms. The normalized spacial score (nSPS) is 12.9. The van der Waals surface area contributed by atoms with Gasteiger partial charge in [-0.25, -0.2) is 0 Å². The van der Waals surface area contributed by atoms with E-state index in [-0.39, 0.29) is 11.7 Å². The molecule has 3 nitrogen and oxygen atoms in total. The molecule has 0 saturated heterocycles. The highest BCUT2D eigenvalue weighted by Gasteiger charge is 2.35. The number of Topliss-reactive ketones (excluding diaryl/α,β-unsaturated/α-hetero) is 1. The molecule has 1 N–H and O–H groups in total. The van der Waals surface area contributed by atoms with Gasteiger partial charge in [-0.05, 0) is 19.1 Å². The van der Waals surface area contributed by atoms with E-state index in [1.807, 2.05) is 6.07 Å². The molecule has 1 aromatic carbocycles. The first-order valence-corrected chi connectivity index (χ1v) is 7.13. The molecule has 6 heteroatoms. The Bertz CT molecular complexity index is 414. The first-order valence-electron chi connectivity index (χ1n) is 4.75. The summed E-state index contributed by atoms with van der Waals surface area (Å²) in [6, 6.07) is 8.01. The lowest BCUT2D eigenvalue weighted by atomic mass is 10.2. The minimum atomic E-state index is -0.844. The van der Waals surface area contributed by atoms with Crippen LogP contribution in [0.1, 0.15) is 17.3 Å². The summed E-state index contributed by atoms with van der Waals surface area (Å²) in [5.41, 5.74) is 0.510. The number of rotatable bonds is 3. The Morgan fingerprint density at radius 2 is 1.71 bits per heavy atom. The third-order valence-electron chi connectivity index (χ3n) is 2.05. The van der Waals surface area contributed by atoms with Crippen molar-refractivity contribution in [2.45, 2.75) is 15.1 Å². The van der Waals surface area contributed by atoms with Gasteiger partial charge in [0.05, 0.1) is 0 Å². The second kappa shape index (κ2) is 6.11. The smallest absolute Gasteiger partial charge is 0.251 e. The summed E-state index contributed by atoms with van der Waals surface area (Å²) in [5.74, 6) is -0.464. The van der Waals surface area contributed by atoms with Crippen LogP contribution in [0.2, 0.25) is 0 Å². The molecule has 0 aromatic heterocycles. The van der Waals surface area contributed by atoms with Gasteiger partial charge in [-0.3, -0.25) is 9.59 Å². The van der Waals surface area contributed by atoms with Gasteiger partial charge in [0.2, 0.25) is 0 Å². The first kappa shape index (κ1) is 14.9. The summed E-state index contributed by atoms with van der Waals surface area (Å²) in [6.45, 7) is 1.41. The van der Waals surface area contributed by atoms with Gasteiger partial charge in [-0.1, -0.05) is 66.0 Å². The number of hydrogen-bond acceptors (Lipinski definition) is 2. The Morgan fingerprint density at radius 1 is 1.18 bits per heavy atom. The number of carbonyl (C=O) groups is 2. The molecule has 0 aliphatic rings. The van der Waals surface area contributed by atoms with Crippen LogP contribution in [0.25, 0.3) is 0 Å². The average Bonchev–Trinajstić information content (AvgIpc) is 2.24. The number of alkyl halides is 3. The molecule has 0 bridgehead atoms. The van der Waals surface area contributed by atoms with Crippen LogP contribution >= 0.6 is 47.8 Å². The average molecular weight is 428 g/mol. The van der Waals surface area contributed by atoms with Crippen LogP contribution < -0.4 is 5.32 Å². The first-order chi connectivity index (χ1) is 7.82. The fourth-order valence-corrected chi connectivity index (χ4v) is 2.53. The van der Waals surface area contributed by atoms with Crippen molar-refractivity contribution in [3.8, 4) is 0 Å². The van der Waals surface area contributed by atoms with Crippen molar-refractivity contribution in [2.75, 3.05) is 0 Å². The Hall–Kier alpha value is -0.200. The van der Waals surface area contributed by atoms with Crippen LogP contribution in [0.15, 0.2) is 30.3 Å². The zero-order chi connectivity index (χ0) is 13.1. The quantitative estimate of drug-likeness (QED) is 0.753. The highest BCUT2D eigenvalue weighted by molar-refractivity contribution is 9.39. The molecule has 0 aliphatic carbocycles. The van der Waals surface area contributed by atoms with E-state index in [1.54, 1.807) is 24.3 Å². The molecular weight excluding hydrogens is 418 g/mol. The highest BCUT2D eigenvalue weighted by Crippen LogP contribution is 2.37. The van der Waals surface area contributed by atoms with E-state index < -0.39 is 8.18 Å². The number of carbonyl (C=O) groups excluding carboxylic acids is 2. The molecule has 0 fully saturated rings. The topological polar surface area (TPSA) is 46.2 Å². The Labute approximate surface area is 125 Å². The Kier molecular flexibility index (Phi) is 5.34. The maximum absolute atomic E-state index is 11.9. The Balaban J connectivity index is 2.83. The zero-order valence-electron chi connectivity index (χ0n) is 8.91. The second-order valence-corrected chi connectivity index (χ2v) is 10.4. The van der Waals surface area contributed by atoms with Crippen molar-refractivity contribution < 1.29 is 9.59 Å². The number of nitrogens with one attached hydrogen (secondary N) is 1. The van der Waals surface area contributed by atoms with Gasteiger partial charge in [-0.15, -0.1) is 0 Å². The van der Waals surface area contributed by atoms with Gasteiger partial charge in [0.1, 0.15) is 6.04 Å². The Morgan fingerprint density at radius 3 is 2.12 bits per heavy atom. The van der Waals surface area contributed by atoms with Crippen molar-refractivity contribution in [2.24, 2.45) is 0 Å². The lowest BCUT2D eigenvalue weighted by molar-refractivity contribution is -0.118. The third-order valence-corrected chi connectivity index (χ3v) is 3.42. The molecule has 1 amide bonds. The van der Waals surface area contributed by atoms with E-state index in [4.69, 9.17) is 0 Å². The number of amides is 1. The van der Waals surface area contributed by atoms with Gasteiger partial charge in [-0.2, -0.15) is 0 Å². The van der Waals surface area contributed by atoms with E-state index in [1.165, 1.54) is 6.92 Å². The monoisotopic (exact) mass is 425 g/mol. The third kappa shape index (κ3) is 4.52.